The average Bonchev–Trinajstić information content (AvgIpc) is 1.98. The fourth-order valence-electron chi connectivity index (χ4n) is 1.04. The van der Waals surface area contributed by atoms with Crippen LogP contribution < -0.4 is 16.4 Å². The van der Waals surface area contributed by atoms with Gasteiger partial charge in [0.05, 0.1) is 0 Å². The quantitative estimate of drug-likeness (QED) is 0.689. The Labute approximate surface area is 89.7 Å². The molecule has 1 aromatic rings. The van der Waals surface area contributed by atoms with Gasteiger partial charge in [0.25, 0.3) is 0 Å². The van der Waals surface area contributed by atoms with E-state index >= 15 is 0 Å². The lowest BCUT2D eigenvalue weighted by atomic mass is 10.4. The van der Waals surface area contributed by atoms with Crippen LogP contribution in [0.4, 0.5) is 17.8 Å². The first kappa shape index (κ1) is 11.5. The molecule has 0 saturated carbocycles. The number of hydrogen-bond acceptors (Lipinski definition) is 6. The van der Waals surface area contributed by atoms with Gasteiger partial charge in [-0.15, -0.1) is 0 Å². The predicted octanol–water partition coefficient (Wildman–Crippen LogP) is 1.09. The zero-order valence-corrected chi connectivity index (χ0v) is 9.57. The van der Waals surface area contributed by atoms with Crippen LogP contribution in [0.15, 0.2) is 0 Å². The van der Waals surface area contributed by atoms with Gasteiger partial charge < -0.3 is 16.4 Å². The highest BCUT2D eigenvalue weighted by molar-refractivity contribution is 5.40. The molecular weight excluding hydrogens is 192 g/mol. The molecule has 0 aliphatic carbocycles. The lowest BCUT2D eigenvalue weighted by Gasteiger charge is -2.11. The first-order chi connectivity index (χ1) is 6.97. The number of anilines is 3. The summed E-state index contributed by atoms with van der Waals surface area (Å²) < 4.78 is 0. The molecule has 0 saturated heterocycles. The molecule has 6 nitrogen and oxygen atoms in total. The van der Waals surface area contributed by atoms with Gasteiger partial charge in [-0.2, -0.15) is 15.0 Å². The smallest absolute Gasteiger partial charge is 0.229 e. The summed E-state index contributed by atoms with van der Waals surface area (Å²) >= 11 is 0. The molecule has 0 fully saturated rings. The topological polar surface area (TPSA) is 88.8 Å². The predicted molar refractivity (Wildman–Crippen MR) is 61.8 cm³/mol. The Kier molecular flexibility index (Phi) is 3.65. The minimum absolute atomic E-state index is 0.219. The fraction of sp³-hybridized carbons (Fsp3) is 0.667. The second kappa shape index (κ2) is 4.77. The largest absolute Gasteiger partial charge is 0.368 e. The van der Waals surface area contributed by atoms with E-state index in [0.717, 1.165) is 0 Å². The van der Waals surface area contributed by atoms with Gasteiger partial charge in [-0.05, 0) is 27.7 Å². The van der Waals surface area contributed by atoms with Crippen molar-refractivity contribution in [3.63, 3.8) is 0 Å². The van der Waals surface area contributed by atoms with Gasteiger partial charge in [-0.3, -0.25) is 0 Å². The van der Waals surface area contributed by atoms with Gasteiger partial charge in [0.15, 0.2) is 0 Å². The number of rotatable bonds is 4. The van der Waals surface area contributed by atoms with Gasteiger partial charge in [-0.25, -0.2) is 0 Å². The highest BCUT2D eigenvalue weighted by Gasteiger charge is 2.05. The molecule has 6 heteroatoms. The standard InChI is InChI=1S/C9H18N6/c1-5(2)11-8-13-7(10)14-9(15-8)12-6(3)4/h5-6H,1-4H3,(H4,10,11,12,13,14,15). The van der Waals surface area contributed by atoms with Gasteiger partial charge in [0.2, 0.25) is 17.8 Å². The molecule has 0 bridgehead atoms. The minimum Gasteiger partial charge on any atom is -0.368 e. The number of nitrogens with zero attached hydrogens (tertiary/aromatic N) is 3. The molecule has 1 rings (SSSR count). The van der Waals surface area contributed by atoms with Crippen molar-refractivity contribution in [2.45, 2.75) is 39.8 Å². The second-order valence-corrected chi connectivity index (χ2v) is 3.94. The zero-order chi connectivity index (χ0) is 11.4. The van der Waals surface area contributed by atoms with Gasteiger partial charge in [0, 0.05) is 12.1 Å². The van der Waals surface area contributed by atoms with E-state index in [1.165, 1.54) is 0 Å². The molecule has 0 radical (unpaired) electrons. The van der Waals surface area contributed by atoms with E-state index in [0.29, 0.717) is 11.9 Å². The van der Waals surface area contributed by atoms with Crippen LogP contribution in [0, 0.1) is 0 Å². The number of nitrogens with one attached hydrogen (secondary N) is 2. The van der Waals surface area contributed by atoms with Crippen molar-refractivity contribution in [2.24, 2.45) is 0 Å². The lowest BCUT2D eigenvalue weighted by molar-refractivity contribution is 0.847. The molecule has 0 spiro atoms. The lowest BCUT2D eigenvalue weighted by Crippen LogP contribution is -2.18. The summed E-state index contributed by atoms with van der Waals surface area (Å²) in [6, 6.07) is 0.525. The summed E-state index contributed by atoms with van der Waals surface area (Å²) in [5.41, 5.74) is 5.57. The monoisotopic (exact) mass is 210 g/mol. The Balaban J connectivity index is 2.84. The van der Waals surface area contributed by atoms with Crippen molar-refractivity contribution >= 4 is 17.8 Å². The molecular formula is C9H18N6. The van der Waals surface area contributed by atoms with E-state index in [4.69, 9.17) is 5.73 Å². The third-order valence-electron chi connectivity index (χ3n) is 1.49. The van der Waals surface area contributed by atoms with Crippen molar-refractivity contribution in [2.75, 3.05) is 16.4 Å². The molecule has 0 aliphatic rings. The zero-order valence-electron chi connectivity index (χ0n) is 9.57. The molecule has 4 N–H and O–H groups in total. The maximum absolute atomic E-state index is 5.57. The van der Waals surface area contributed by atoms with Gasteiger partial charge >= 0.3 is 0 Å². The third kappa shape index (κ3) is 3.97. The van der Waals surface area contributed by atoms with Crippen LogP contribution in [0.1, 0.15) is 27.7 Å². The molecule has 15 heavy (non-hydrogen) atoms. The van der Waals surface area contributed by atoms with Crippen molar-refractivity contribution in [3.8, 4) is 0 Å². The highest BCUT2D eigenvalue weighted by Crippen LogP contribution is 2.08. The summed E-state index contributed by atoms with van der Waals surface area (Å²) in [7, 11) is 0. The first-order valence-electron chi connectivity index (χ1n) is 5.02. The van der Waals surface area contributed by atoms with Crippen LogP contribution >= 0.6 is 0 Å². The minimum atomic E-state index is 0.219. The summed E-state index contributed by atoms with van der Waals surface area (Å²) in [5.74, 6) is 1.22. The molecule has 0 amide bonds. The van der Waals surface area contributed by atoms with Crippen LogP contribution in [0.25, 0.3) is 0 Å². The van der Waals surface area contributed by atoms with Crippen LogP contribution in [0.2, 0.25) is 0 Å². The fourth-order valence-corrected chi connectivity index (χ4v) is 1.04. The Bertz CT molecular complexity index is 294. The summed E-state index contributed by atoms with van der Waals surface area (Å²) in [5, 5.41) is 6.15. The van der Waals surface area contributed by atoms with Crippen LogP contribution in [0.3, 0.4) is 0 Å². The molecule has 1 aromatic heterocycles. The van der Waals surface area contributed by atoms with E-state index < -0.39 is 0 Å². The first-order valence-corrected chi connectivity index (χ1v) is 5.02. The maximum Gasteiger partial charge on any atom is 0.229 e. The van der Waals surface area contributed by atoms with Gasteiger partial charge in [-0.1, -0.05) is 0 Å². The van der Waals surface area contributed by atoms with Crippen LogP contribution in [-0.4, -0.2) is 27.0 Å². The van der Waals surface area contributed by atoms with Crippen LogP contribution in [0.5, 0.6) is 0 Å². The van der Waals surface area contributed by atoms with E-state index in [2.05, 4.69) is 25.6 Å². The summed E-state index contributed by atoms with van der Waals surface area (Å²) in [6.07, 6.45) is 0. The Hall–Kier alpha value is -1.59. The Morgan fingerprint density at radius 2 is 1.27 bits per heavy atom. The summed E-state index contributed by atoms with van der Waals surface area (Å²) in [4.78, 5) is 12.2. The summed E-state index contributed by atoms with van der Waals surface area (Å²) in [6.45, 7) is 8.04. The van der Waals surface area contributed by atoms with E-state index in [9.17, 15) is 0 Å². The Morgan fingerprint density at radius 1 is 0.867 bits per heavy atom. The van der Waals surface area contributed by atoms with E-state index in [-0.39, 0.29) is 18.0 Å². The maximum atomic E-state index is 5.57. The van der Waals surface area contributed by atoms with Crippen LogP contribution in [-0.2, 0) is 0 Å². The highest BCUT2D eigenvalue weighted by atomic mass is 15.2. The SMILES string of the molecule is CC(C)Nc1nc(N)nc(NC(C)C)n1. The average molecular weight is 210 g/mol. The molecule has 84 valence electrons. The normalized spacial score (nSPS) is 10.8. The molecule has 1 heterocycles. The molecule has 0 aromatic carbocycles. The molecule has 0 unspecified atom stereocenters. The molecule has 0 aliphatic heterocycles. The number of hydrogen-bond donors (Lipinski definition) is 3. The Morgan fingerprint density at radius 3 is 1.60 bits per heavy atom. The third-order valence-corrected chi connectivity index (χ3v) is 1.49. The second-order valence-electron chi connectivity index (χ2n) is 3.94. The van der Waals surface area contributed by atoms with E-state index in [1.807, 2.05) is 27.7 Å². The van der Waals surface area contributed by atoms with E-state index in [1.54, 1.807) is 0 Å². The number of nitrogen functional groups attached to an aromatic ring is 1. The van der Waals surface area contributed by atoms with Crippen molar-refractivity contribution in [3.05, 3.63) is 0 Å². The number of aromatic nitrogens is 3. The van der Waals surface area contributed by atoms with Crippen molar-refractivity contribution in [1.82, 2.24) is 15.0 Å². The van der Waals surface area contributed by atoms with Crippen molar-refractivity contribution < 1.29 is 0 Å². The molecule has 0 atom stereocenters. The number of nitrogens with two attached hydrogens (primary N) is 1. The van der Waals surface area contributed by atoms with Crippen molar-refractivity contribution in [1.29, 1.82) is 0 Å². The van der Waals surface area contributed by atoms with Gasteiger partial charge in [0.1, 0.15) is 0 Å².